The third-order valence-corrected chi connectivity index (χ3v) is 3.98. The van der Waals surface area contributed by atoms with Gasteiger partial charge in [0.05, 0.1) is 23.6 Å². The number of fused-ring (bicyclic) bond motifs is 1. The number of rotatable bonds is 4. The number of hydrogen-bond acceptors (Lipinski definition) is 4. The van der Waals surface area contributed by atoms with Crippen LogP contribution in [-0.4, -0.2) is 30.1 Å². The highest BCUT2D eigenvalue weighted by molar-refractivity contribution is 7.89. The second kappa shape index (κ2) is 5.85. The Balaban J connectivity index is 2.14. The zero-order valence-electron chi connectivity index (χ0n) is 12.4. The number of hydrogen-bond donors (Lipinski definition) is 1. The average molecular weight is 329 g/mol. The molecule has 0 fully saturated rings. The number of nitrogens with one attached hydrogen (secondary N) is 1. The maximum atomic E-state index is 12.6. The van der Waals surface area contributed by atoms with Gasteiger partial charge in [0.1, 0.15) is 6.04 Å². The van der Waals surface area contributed by atoms with E-state index in [9.17, 15) is 13.2 Å². The molecule has 1 heterocycles. The van der Waals surface area contributed by atoms with Gasteiger partial charge in [-0.1, -0.05) is 42.5 Å². The first kappa shape index (κ1) is 15.2. The van der Waals surface area contributed by atoms with Crippen molar-refractivity contribution in [2.24, 2.45) is 0 Å². The number of nitrogens with zero attached hydrogens (tertiary/aromatic N) is 2. The van der Waals surface area contributed by atoms with Crippen LogP contribution in [0.1, 0.15) is 11.6 Å². The van der Waals surface area contributed by atoms with Crippen molar-refractivity contribution in [1.82, 2.24) is 14.3 Å². The molecule has 3 aromatic rings. The molecule has 6 nitrogen and oxygen atoms in total. The van der Waals surface area contributed by atoms with Gasteiger partial charge in [0.2, 0.25) is 10.0 Å². The maximum Gasteiger partial charge on any atom is 0.261 e. The van der Waals surface area contributed by atoms with Crippen LogP contribution in [0, 0.1) is 0 Å². The van der Waals surface area contributed by atoms with E-state index in [0.717, 1.165) is 17.3 Å². The molecule has 1 N–H and O–H groups in total. The van der Waals surface area contributed by atoms with Crippen molar-refractivity contribution in [3.63, 3.8) is 0 Å². The monoisotopic (exact) mass is 329 g/mol. The predicted molar refractivity (Wildman–Crippen MR) is 87.3 cm³/mol. The van der Waals surface area contributed by atoms with E-state index in [1.165, 1.54) is 0 Å². The Morgan fingerprint density at radius 2 is 1.74 bits per heavy atom. The summed E-state index contributed by atoms with van der Waals surface area (Å²) in [6, 6.07) is 15.5. The van der Waals surface area contributed by atoms with E-state index >= 15 is 0 Å². The Morgan fingerprint density at radius 3 is 2.43 bits per heavy atom. The third kappa shape index (κ3) is 3.24. The van der Waals surface area contributed by atoms with Crippen molar-refractivity contribution in [3.8, 4) is 0 Å². The topological polar surface area (TPSA) is 81.1 Å². The van der Waals surface area contributed by atoms with E-state index in [4.69, 9.17) is 0 Å². The molecule has 0 aliphatic carbocycles. The van der Waals surface area contributed by atoms with Gasteiger partial charge in [-0.25, -0.2) is 13.4 Å². The van der Waals surface area contributed by atoms with Crippen LogP contribution in [0.25, 0.3) is 11.0 Å². The van der Waals surface area contributed by atoms with E-state index in [-0.39, 0.29) is 0 Å². The van der Waals surface area contributed by atoms with Gasteiger partial charge in [-0.05, 0) is 17.7 Å². The van der Waals surface area contributed by atoms with Crippen molar-refractivity contribution < 1.29 is 13.2 Å². The molecule has 1 atom stereocenters. The van der Waals surface area contributed by atoms with Crippen molar-refractivity contribution in [1.29, 1.82) is 0 Å². The molecule has 118 valence electrons. The number of amides is 1. The van der Waals surface area contributed by atoms with Gasteiger partial charge in [0.25, 0.3) is 5.91 Å². The highest BCUT2D eigenvalue weighted by Crippen LogP contribution is 2.24. The van der Waals surface area contributed by atoms with Crippen LogP contribution in [0.15, 0.2) is 60.9 Å². The molecule has 1 unspecified atom stereocenters. The molecule has 23 heavy (non-hydrogen) atoms. The standard InChI is InChI=1S/C16H15N3O3S/c1-23(21,22)18-16(20)15(12-7-3-2-4-8-12)19-11-17-13-9-5-6-10-14(13)19/h2-11,15H,1H3,(H,18,20). The quantitative estimate of drug-likeness (QED) is 0.790. The first-order valence-electron chi connectivity index (χ1n) is 6.94. The summed E-state index contributed by atoms with van der Waals surface area (Å²) in [5.41, 5.74) is 2.17. The summed E-state index contributed by atoms with van der Waals surface area (Å²) < 4.78 is 26.6. The lowest BCUT2D eigenvalue weighted by Crippen LogP contribution is -2.36. The Bertz CT molecular complexity index is 949. The lowest BCUT2D eigenvalue weighted by Gasteiger charge is -2.19. The molecule has 1 aromatic heterocycles. The molecule has 7 heteroatoms. The molecule has 1 amide bonds. The molecule has 2 aromatic carbocycles. The van der Waals surface area contributed by atoms with Crippen LogP contribution in [0.2, 0.25) is 0 Å². The van der Waals surface area contributed by atoms with Crippen molar-refractivity contribution in [2.45, 2.75) is 6.04 Å². The van der Waals surface area contributed by atoms with Crippen LogP contribution < -0.4 is 4.72 Å². The highest BCUT2D eigenvalue weighted by Gasteiger charge is 2.26. The van der Waals surface area contributed by atoms with Gasteiger partial charge >= 0.3 is 0 Å². The lowest BCUT2D eigenvalue weighted by atomic mass is 10.1. The molecule has 0 spiro atoms. The van der Waals surface area contributed by atoms with Crippen LogP contribution in [0.3, 0.4) is 0 Å². The van der Waals surface area contributed by atoms with Crippen LogP contribution in [0.4, 0.5) is 0 Å². The number of imidazole rings is 1. The second-order valence-corrected chi connectivity index (χ2v) is 6.94. The summed E-state index contributed by atoms with van der Waals surface area (Å²) in [6.45, 7) is 0. The minimum Gasteiger partial charge on any atom is -0.314 e. The van der Waals surface area contributed by atoms with E-state index in [1.54, 1.807) is 35.2 Å². The van der Waals surface area contributed by atoms with Crippen molar-refractivity contribution >= 4 is 27.0 Å². The lowest BCUT2D eigenvalue weighted by molar-refractivity contribution is -0.121. The summed E-state index contributed by atoms with van der Waals surface area (Å²) in [4.78, 5) is 16.8. The Labute approximate surface area is 133 Å². The van der Waals surface area contributed by atoms with Crippen LogP contribution in [0.5, 0.6) is 0 Å². The maximum absolute atomic E-state index is 12.6. The smallest absolute Gasteiger partial charge is 0.261 e. The predicted octanol–water partition coefficient (Wildman–Crippen LogP) is 1.70. The fourth-order valence-corrected chi connectivity index (χ4v) is 2.97. The average Bonchev–Trinajstić information content (AvgIpc) is 2.91. The molecule has 3 rings (SSSR count). The number of carbonyl (C=O) groups excluding carboxylic acids is 1. The summed E-state index contributed by atoms with van der Waals surface area (Å²) >= 11 is 0. The summed E-state index contributed by atoms with van der Waals surface area (Å²) in [7, 11) is -3.65. The van der Waals surface area contributed by atoms with Gasteiger partial charge in [0.15, 0.2) is 0 Å². The summed E-state index contributed by atoms with van der Waals surface area (Å²) in [5.74, 6) is -0.623. The molecule has 0 saturated heterocycles. The van der Waals surface area contributed by atoms with Crippen LogP contribution >= 0.6 is 0 Å². The van der Waals surface area contributed by atoms with Gasteiger partial charge < -0.3 is 4.57 Å². The normalized spacial score (nSPS) is 12.9. The number of sulfonamides is 1. The minimum absolute atomic E-state index is 0.623. The molecular formula is C16H15N3O3S. The molecule has 0 radical (unpaired) electrons. The van der Waals surface area contributed by atoms with Gasteiger partial charge in [-0.15, -0.1) is 0 Å². The van der Waals surface area contributed by atoms with E-state index in [1.807, 2.05) is 30.3 Å². The van der Waals surface area contributed by atoms with Crippen molar-refractivity contribution in [3.05, 3.63) is 66.5 Å². The van der Waals surface area contributed by atoms with E-state index < -0.39 is 22.0 Å². The molecule has 0 aliphatic rings. The van der Waals surface area contributed by atoms with Gasteiger partial charge in [-0.2, -0.15) is 0 Å². The van der Waals surface area contributed by atoms with E-state index in [2.05, 4.69) is 9.71 Å². The highest BCUT2D eigenvalue weighted by atomic mass is 32.2. The molecule has 0 saturated carbocycles. The summed E-state index contributed by atoms with van der Waals surface area (Å²) in [6.07, 6.45) is 2.50. The molecule has 0 bridgehead atoms. The van der Waals surface area contributed by atoms with E-state index in [0.29, 0.717) is 5.56 Å². The third-order valence-electron chi connectivity index (χ3n) is 3.41. The first-order valence-corrected chi connectivity index (χ1v) is 8.83. The fraction of sp³-hybridized carbons (Fsp3) is 0.125. The van der Waals surface area contributed by atoms with Gasteiger partial charge in [0, 0.05) is 0 Å². The zero-order valence-corrected chi connectivity index (χ0v) is 13.2. The summed E-state index contributed by atoms with van der Waals surface area (Å²) in [5, 5.41) is 0. The Kier molecular flexibility index (Phi) is 3.87. The van der Waals surface area contributed by atoms with Crippen LogP contribution in [-0.2, 0) is 14.8 Å². The number of benzene rings is 2. The Hall–Kier alpha value is -2.67. The van der Waals surface area contributed by atoms with Gasteiger partial charge in [-0.3, -0.25) is 9.52 Å². The SMILES string of the molecule is CS(=O)(=O)NC(=O)C(c1ccccc1)n1cnc2ccccc21. The minimum atomic E-state index is -3.65. The Morgan fingerprint density at radius 1 is 1.09 bits per heavy atom. The second-order valence-electron chi connectivity index (χ2n) is 5.19. The van der Waals surface area contributed by atoms with Crippen molar-refractivity contribution in [2.75, 3.05) is 6.26 Å². The zero-order chi connectivity index (χ0) is 16.4. The first-order chi connectivity index (χ1) is 11.0. The number of aromatic nitrogens is 2. The molecular weight excluding hydrogens is 314 g/mol. The molecule has 0 aliphatic heterocycles. The largest absolute Gasteiger partial charge is 0.314 e. The number of para-hydroxylation sites is 2. The fourth-order valence-electron chi connectivity index (χ4n) is 2.50. The number of carbonyl (C=O) groups is 1.